The van der Waals surface area contributed by atoms with Crippen LogP contribution in [0.2, 0.25) is 0 Å². The van der Waals surface area contributed by atoms with Crippen LogP contribution < -0.4 is 15.2 Å². The average molecular weight is 273 g/mol. The van der Waals surface area contributed by atoms with Gasteiger partial charge in [-0.15, -0.1) is 0 Å². The van der Waals surface area contributed by atoms with Crippen LogP contribution in [0.4, 0.5) is 5.69 Å². The topological polar surface area (TPSA) is 62.3 Å². The Morgan fingerprint density at radius 3 is 2.45 bits per heavy atom. The number of hydrogen-bond donors (Lipinski definition) is 1. The second-order valence-corrected chi connectivity index (χ2v) is 4.80. The van der Waals surface area contributed by atoms with E-state index in [1.807, 2.05) is 16.8 Å². The van der Waals surface area contributed by atoms with Crippen molar-refractivity contribution in [3.05, 3.63) is 29.6 Å². The zero-order valence-corrected chi connectivity index (χ0v) is 11.8. The van der Waals surface area contributed by atoms with Gasteiger partial charge < -0.3 is 15.2 Å². The molecular weight excluding hydrogens is 254 g/mol. The number of nitrogen functional groups attached to an aromatic ring is 1. The van der Waals surface area contributed by atoms with Crippen LogP contribution in [0.1, 0.15) is 25.2 Å². The lowest BCUT2D eigenvalue weighted by molar-refractivity contribution is 0.171. The van der Waals surface area contributed by atoms with Gasteiger partial charge in [0.15, 0.2) is 11.5 Å². The second-order valence-electron chi connectivity index (χ2n) is 4.80. The summed E-state index contributed by atoms with van der Waals surface area (Å²) in [6.07, 6.45) is 1.81. The predicted octanol–water partition coefficient (Wildman–Crippen LogP) is 2.35. The Morgan fingerprint density at radius 1 is 1.10 bits per heavy atom. The van der Waals surface area contributed by atoms with Gasteiger partial charge in [0.05, 0.1) is 17.1 Å². The lowest BCUT2D eigenvalue weighted by Gasteiger charge is -2.20. The number of aromatic nitrogens is 2. The maximum absolute atomic E-state index is 6.15. The summed E-state index contributed by atoms with van der Waals surface area (Å²) in [5.41, 5.74) is 9.86. The number of aryl methyl sites for hydroxylation is 2. The van der Waals surface area contributed by atoms with Crippen molar-refractivity contribution < 1.29 is 9.47 Å². The molecule has 0 spiro atoms. The van der Waals surface area contributed by atoms with Crippen LogP contribution in [-0.4, -0.2) is 23.0 Å². The van der Waals surface area contributed by atoms with E-state index in [0.717, 1.165) is 35.7 Å². The Hall–Kier alpha value is -2.17. The van der Waals surface area contributed by atoms with E-state index in [2.05, 4.69) is 25.0 Å². The summed E-state index contributed by atoms with van der Waals surface area (Å²) in [4.78, 5) is 0. The highest BCUT2D eigenvalue weighted by Gasteiger charge is 2.17. The van der Waals surface area contributed by atoms with Gasteiger partial charge in [0, 0.05) is 17.8 Å². The van der Waals surface area contributed by atoms with Gasteiger partial charge in [0.2, 0.25) is 0 Å². The fourth-order valence-electron chi connectivity index (χ4n) is 2.39. The first kappa shape index (κ1) is 12.8. The van der Waals surface area contributed by atoms with E-state index >= 15 is 0 Å². The van der Waals surface area contributed by atoms with Crippen molar-refractivity contribution in [2.45, 2.75) is 26.7 Å². The molecule has 1 aliphatic rings. The highest BCUT2D eigenvalue weighted by atomic mass is 16.6. The van der Waals surface area contributed by atoms with E-state index in [9.17, 15) is 0 Å². The number of hydrogen-bond acceptors (Lipinski definition) is 4. The SMILES string of the molecule is CCc1cc(CC)n(-c2cc3c(cc2N)OCCO3)n1. The van der Waals surface area contributed by atoms with Crippen molar-refractivity contribution in [3.63, 3.8) is 0 Å². The van der Waals surface area contributed by atoms with Crippen molar-refractivity contribution in [2.24, 2.45) is 0 Å². The number of fused-ring (bicyclic) bond motifs is 1. The summed E-state index contributed by atoms with van der Waals surface area (Å²) in [5.74, 6) is 1.44. The molecule has 0 fully saturated rings. The Labute approximate surface area is 118 Å². The summed E-state index contributed by atoms with van der Waals surface area (Å²) in [5, 5.41) is 4.62. The summed E-state index contributed by atoms with van der Waals surface area (Å²) in [7, 11) is 0. The highest BCUT2D eigenvalue weighted by Crippen LogP contribution is 2.36. The van der Waals surface area contributed by atoms with Crippen molar-refractivity contribution >= 4 is 5.69 Å². The van der Waals surface area contributed by atoms with Crippen LogP contribution in [0.3, 0.4) is 0 Å². The lowest BCUT2D eigenvalue weighted by atomic mass is 10.2. The van der Waals surface area contributed by atoms with Gasteiger partial charge in [-0.3, -0.25) is 0 Å². The molecule has 0 saturated carbocycles. The predicted molar refractivity (Wildman–Crippen MR) is 77.7 cm³/mol. The third-order valence-corrected chi connectivity index (χ3v) is 3.48. The Kier molecular flexibility index (Phi) is 3.26. The van der Waals surface area contributed by atoms with Gasteiger partial charge in [0.1, 0.15) is 13.2 Å². The Balaban J connectivity index is 2.11. The molecule has 106 valence electrons. The van der Waals surface area contributed by atoms with Gasteiger partial charge >= 0.3 is 0 Å². The van der Waals surface area contributed by atoms with Crippen molar-refractivity contribution in [3.8, 4) is 17.2 Å². The van der Waals surface area contributed by atoms with Crippen LogP contribution in [-0.2, 0) is 12.8 Å². The molecule has 20 heavy (non-hydrogen) atoms. The van der Waals surface area contributed by atoms with Crippen LogP contribution in [0, 0.1) is 0 Å². The third-order valence-electron chi connectivity index (χ3n) is 3.48. The summed E-state index contributed by atoms with van der Waals surface area (Å²) in [6.45, 7) is 5.34. The first-order valence-electron chi connectivity index (χ1n) is 7.00. The molecule has 2 aromatic rings. The van der Waals surface area contributed by atoms with Gasteiger partial charge in [0.25, 0.3) is 0 Å². The number of rotatable bonds is 3. The molecule has 1 aromatic heterocycles. The minimum atomic E-state index is 0.563. The quantitative estimate of drug-likeness (QED) is 0.872. The monoisotopic (exact) mass is 273 g/mol. The van der Waals surface area contributed by atoms with E-state index in [0.29, 0.717) is 24.7 Å². The zero-order chi connectivity index (χ0) is 14.1. The largest absolute Gasteiger partial charge is 0.486 e. The van der Waals surface area contributed by atoms with Gasteiger partial charge in [-0.25, -0.2) is 4.68 Å². The lowest BCUT2D eigenvalue weighted by Crippen LogP contribution is -2.16. The molecule has 1 aromatic carbocycles. The number of nitrogens with two attached hydrogens (primary N) is 1. The molecule has 0 unspecified atom stereocenters. The smallest absolute Gasteiger partial charge is 0.163 e. The molecule has 5 heteroatoms. The first-order valence-corrected chi connectivity index (χ1v) is 7.00. The number of ether oxygens (including phenoxy) is 2. The van der Waals surface area contributed by atoms with Crippen LogP contribution in [0.15, 0.2) is 18.2 Å². The number of anilines is 1. The molecule has 0 saturated heterocycles. The van der Waals surface area contributed by atoms with E-state index in [1.165, 1.54) is 0 Å². The van der Waals surface area contributed by atoms with E-state index in [1.54, 1.807) is 0 Å². The van der Waals surface area contributed by atoms with Crippen molar-refractivity contribution in [1.82, 2.24) is 9.78 Å². The van der Waals surface area contributed by atoms with Gasteiger partial charge in [-0.2, -0.15) is 5.10 Å². The average Bonchev–Trinajstić information content (AvgIpc) is 2.89. The maximum atomic E-state index is 6.15. The van der Waals surface area contributed by atoms with E-state index in [-0.39, 0.29) is 0 Å². The molecule has 0 radical (unpaired) electrons. The van der Waals surface area contributed by atoms with E-state index < -0.39 is 0 Å². The Bertz CT molecular complexity index is 634. The minimum Gasteiger partial charge on any atom is -0.486 e. The maximum Gasteiger partial charge on any atom is 0.163 e. The zero-order valence-electron chi connectivity index (χ0n) is 11.8. The molecule has 0 aliphatic carbocycles. The molecule has 3 rings (SSSR count). The molecule has 2 heterocycles. The van der Waals surface area contributed by atoms with Gasteiger partial charge in [-0.05, 0) is 18.9 Å². The summed E-state index contributed by atoms with van der Waals surface area (Å²) >= 11 is 0. The molecule has 2 N–H and O–H groups in total. The van der Waals surface area contributed by atoms with Crippen LogP contribution in [0.25, 0.3) is 5.69 Å². The van der Waals surface area contributed by atoms with Crippen LogP contribution in [0.5, 0.6) is 11.5 Å². The molecule has 0 amide bonds. The summed E-state index contributed by atoms with van der Waals surface area (Å²) in [6, 6.07) is 5.85. The fourth-order valence-corrected chi connectivity index (χ4v) is 2.39. The fraction of sp³-hybridized carbons (Fsp3) is 0.400. The highest BCUT2D eigenvalue weighted by molar-refractivity contribution is 5.66. The van der Waals surface area contributed by atoms with E-state index in [4.69, 9.17) is 15.2 Å². The minimum absolute atomic E-state index is 0.563. The molecule has 1 aliphatic heterocycles. The Morgan fingerprint density at radius 2 is 1.80 bits per heavy atom. The molecule has 0 bridgehead atoms. The number of nitrogens with zero attached hydrogens (tertiary/aromatic N) is 2. The normalized spacial score (nSPS) is 13.5. The van der Waals surface area contributed by atoms with Crippen LogP contribution >= 0.6 is 0 Å². The summed E-state index contributed by atoms with van der Waals surface area (Å²) < 4.78 is 13.1. The second kappa shape index (κ2) is 5.07. The molecule has 5 nitrogen and oxygen atoms in total. The van der Waals surface area contributed by atoms with Gasteiger partial charge in [-0.1, -0.05) is 13.8 Å². The van der Waals surface area contributed by atoms with Crippen molar-refractivity contribution in [1.29, 1.82) is 0 Å². The first-order chi connectivity index (χ1) is 9.72. The number of benzene rings is 1. The van der Waals surface area contributed by atoms with Crippen molar-refractivity contribution in [2.75, 3.05) is 18.9 Å². The molecular formula is C15H19N3O2. The standard InChI is InChI=1S/C15H19N3O2/c1-3-10-7-11(4-2)18(17-10)13-9-15-14(8-12(13)16)19-5-6-20-15/h7-9H,3-6,16H2,1-2H3. The third kappa shape index (κ3) is 2.09. The molecule has 0 atom stereocenters.